The van der Waals surface area contributed by atoms with Crippen LogP contribution in [0.15, 0.2) is 0 Å². The van der Waals surface area contributed by atoms with E-state index in [9.17, 15) is 5.11 Å². The normalized spacial score (nSPS) is 27.6. The molecule has 96 valence electrons. The fraction of sp³-hybridized carbons (Fsp3) is 1.00. The standard InChI is InChI=1S/C12H25NO3/c1-9(2)16-8-10(14)7-13-11-5-4-6-12(11)15-3/h9-14H,4-8H2,1-3H3. The molecule has 0 spiro atoms. The van der Waals surface area contributed by atoms with E-state index in [1.54, 1.807) is 7.11 Å². The highest BCUT2D eigenvalue weighted by molar-refractivity contribution is 4.84. The summed E-state index contributed by atoms with van der Waals surface area (Å²) in [6, 6.07) is 0.388. The minimum absolute atomic E-state index is 0.174. The first-order valence-corrected chi connectivity index (χ1v) is 6.19. The van der Waals surface area contributed by atoms with Crippen LogP contribution in [-0.2, 0) is 9.47 Å². The van der Waals surface area contributed by atoms with Gasteiger partial charge in [-0.05, 0) is 33.1 Å². The maximum absolute atomic E-state index is 9.69. The van der Waals surface area contributed by atoms with Gasteiger partial charge in [-0.3, -0.25) is 0 Å². The Balaban J connectivity index is 2.13. The van der Waals surface area contributed by atoms with Gasteiger partial charge in [0.2, 0.25) is 0 Å². The molecule has 0 bridgehead atoms. The summed E-state index contributed by atoms with van der Waals surface area (Å²) in [6.45, 7) is 4.92. The van der Waals surface area contributed by atoms with Crippen molar-refractivity contribution in [3.05, 3.63) is 0 Å². The van der Waals surface area contributed by atoms with E-state index in [2.05, 4.69) is 5.32 Å². The molecule has 3 atom stereocenters. The van der Waals surface area contributed by atoms with E-state index in [-0.39, 0.29) is 6.10 Å². The third-order valence-electron chi connectivity index (χ3n) is 2.99. The van der Waals surface area contributed by atoms with E-state index in [0.717, 1.165) is 12.8 Å². The molecule has 0 radical (unpaired) electrons. The molecule has 2 N–H and O–H groups in total. The molecular formula is C12H25NO3. The highest BCUT2D eigenvalue weighted by Crippen LogP contribution is 2.21. The Morgan fingerprint density at radius 3 is 2.75 bits per heavy atom. The van der Waals surface area contributed by atoms with Gasteiger partial charge in [0, 0.05) is 19.7 Å². The first kappa shape index (κ1) is 13.9. The van der Waals surface area contributed by atoms with Crippen LogP contribution in [0.4, 0.5) is 0 Å². The predicted molar refractivity (Wildman–Crippen MR) is 63.5 cm³/mol. The van der Waals surface area contributed by atoms with Crippen LogP contribution in [0.2, 0.25) is 0 Å². The van der Waals surface area contributed by atoms with Crippen LogP contribution in [-0.4, -0.2) is 49.7 Å². The van der Waals surface area contributed by atoms with Gasteiger partial charge < -0.3 is 19.9 Å². The molecule has 0 heterocycles. The molecule has 1 fully saturated rings. The SMILES string of the molecule is COC1CCCC1NCC(O)COC(C)C. The van der Waals surface area contributed by atoms with Crippen LogP contribution >= 0.6 is 0 Å². The van der Waals surface area contributed by atoms with Crippen molar-refractivity contribution in [1.82, 2.24) is 5.32 Å². The van der Waals surface area contributed by atoms with E-state index < -0.39 is 6.10 Å². The van der Waals surface area contributed by atoms with Gasteiger partial charge >= 0.3 is 0 Å². The zero-order valence-corrected chi connectivity index (χ0v) is 10.6. The molecule has 0 aromatic rings. The van der Waals surface area contributed by atoms with Crippen LogP contribution in [0.3, 0.4) is 0 Å². The smallest absolute Gasteiger partial charge is 0.0897 e. The fourth-order valence-electron chi connectivity index (χ4n) is 2.09. The van der Waals surface area contributed by atoms with Gasteiger partial charge in [-0.2, -0.15) is 0 Å². The van der Waals surface area contributed by atoms with Crippen molar-refractivity contribution in [3.63, 3.8) is 0 Å². The first-order chi connectivity index (χ1) is 7.63. The maximum atomic E-state index is 9.69. The topological polar surface area (TPSA) is 50.7 Å². The number of methoxy groups -OCH3 is 1. The molecule has 0 aromatic carbocycles. The Labute approximate surface area is 98.3 Å². The number of rotatable bonds is 7. The van der Waals surface area contributed by atoms with Gasteiger partial charge in [0.25, 0.3) is 0 Å². The summed E-state index contributed by atoms with van der Waals surface area (Å²) in [4.78, 5) is 0. The molecule has 4 heteroatoms. The number of ether oxygens (including phenoxy) is 2. The highest BCUT2D eigenvalue weighted by atomic mass is 16.5. The van der Waals surface area contributed by atoms with Crippen LogP contribution in [0.1, 0.15) is 33.1 Å². The quantitative estimate of drug-likeness (QED) is 0.684. The minimum atomic E-state index is -0.430. The second-order valence-corrected chi connectivity index (χ2v) is 4.76. The van der Waals surface area contributed by atoms with Crippen molar-refractivity contribution in [1.29, 1.82) is 0 Å². The fourth-order valence-corrected chi connectivity index (χ4v) is 2.09. The molecule has 0 saturated heterocycles. The molecule has 1 aliphatic carbocycles. The minimum Gasteiger partial charge on any atom is -0.389 e. The number of aliphatic hydroxyl groups is 1. The monoisotopic (exact) mass is 231 g/mol. The average Bonchev–Trinajstić information content (AvgIpc) is 2.70. The summed E-state index contributed by atoms with van der Waals surface area (Å²) in [5.41, 5.74) is 0. The van der Waals surface area contributed by atoms with Gasteiger partial charge in [0.15, 0.2) is 0 Å². The molecule has 0 amide bonds. The molecule has 0 aromatic heterocycles. The zero-order valence-electron chi connectivity index (χ0n) is 10.6. The predicted octanol–water partition coefficient (Wildman–Crippen LogP) is 0.929. The van der Waals surface area contributed by atoms with Gasteiger partial charge in [-0.25, -0.2) is 0 Å². The van der Waals surface area contributed by atoms with Gasteiger partial charge in [0.05, 0.1) is 24.9 Å². The summed E-state index contributed by atoms with van der Waals surface area (Å²) in [5, 5.41) is 13.0. The molecule has 0 aliphatic heterocycles. The Morgan fingerprint density at radius 1 is 1.38 bits per heavy atom. The molecule has 16 heavy (non-hydrogen) atoms. The molecular weight excluding hydrogens is 206 g/mol. The molecule has 1 saturated carbocycles. The average molecular weight is 231 g/mol. The summed E-state index contributed by atoms with van der Waals surface area (Å²) < 4.78 is 10.7. The second kappa shape index (κ2) is 7.22. The van der Waals surface area contributed by atoms with Crippen LogP contribution in [0.5, 0.6) is 0 Å². The Bertz CT molecular complexity index is 187. The van der Waals surface area contributed by atoms with Crippen molar-refractivity contribution in [3.8, 4) is 0 Å². The number of aliphatic hydroxyl groups excluding tert-OH is 1. The molecule has 1 aliphatic rings. The third kappa shape index (κ3) is 4.78. The van der Waals surface area contributed by atoms with Crippen molar-refractivity contribution < 1.29 is 14.6 Å². The van der Waals surface area contributed by atoms with Crippen LogP contribution in [0, 0.1) is 0 Å². The lowest BCUT2D eigenvalue weighted by Crippen LogP contribution is -2.42. The van der Waals surface area contributed by atoms with Gasteiger partial charge in [-0.1, -0.05) is 0 Å². The van der Waals surface area contributed by atoms with Crippen molar-refractivity contribution in [2.45, 2.75) is 57.5 Å². The lowest BCUT2D eigenvalue weighted by Gasteiger charge is -2.22. The number of hydrogen-bond donors (Lipinski definition) is 2. The lowest BCUT2D eigenvalue weighted by molar-refractivity contribution is 0.00255. The number of nitrogens with one attached hydrogen (secondary N) is 1. The summed E-state index contributed by atoms with van der Waals surface area (Å²) in [6.07, 6.45) is 3.50. The third-order valence-corrected chi connectivity index (χ3v) is 2.99. The van der Waals surface area contributed by atoms with Gasteiger partial charge in [0.1, 0.15) is 0 Å². The van der Waals surface area contributed by atoms with Gasteiger partial charge in [-0.15, -0.1) is 0 Å². The lowest BCUT2D eigenvalue weighted by atomic mass is 10.2. The first-order valence-electron chi connectivity index (χ1n) is 6.19. The van der Waals surface area contributed by atoms with E-state index in [1.165, 1.54) is 6.42 Å². The summed E-state index contributed by atoms with van der Waals surface area (Å²) in [5.74, 6) is 0. The number of hydrogen-bond acceptors (Lipinski definition) is 4. The zero-order chi connectivity index (χ0) is 12.0. The molecule has 1 rings (SSSR count). The molecule has 4 nitrogen and oxygen atoms in total. The molecule has 3 unspecified atom stereocenters. The largest absolute Gasteiger partial charge is 0.389 e. The van der Waals surface area contributed by atoms with E-state index in [1.807, 2.05) is 13.8 Å². The van der Waals surface area contributed by atoms with E-state index >= 15 is 0 Å². The van der Waals surface area contributed by atoms with Crippen molar-refractivity contribution in [2.24, 2.45) is 0 Å². The Hall–Kier alpha value is -0.160. The van der Waals surface area contributed by atoms with Crippen LogP contribution in [0.25, 0.3) is 0 Å². The summed E-state index contributed by atoms with van der Waals surface area (Å²) in [7, 11) is 1.75. The van der Waals surface area contributed by atoms with Crippen molar-refractivity contribution in [2.75, 3.05) is 20.3 Å². The van der Waals surface area contributed by atoms with E-state index in [4.69, 9.17) is 9.47 Å². The van der Waals surface area contributed by atoms with Crippen molar-refractivity contribution >= 4 is 0 Å². The maximum Gasteiger partial charge on any atom is 0.0897 e. The second-order valence-electron chi connectivity index (χ2n) is 4.76. The highest BCUT2D eigenvalue weighted by Gasteiger charge is 2.26. The Morgan fingerprint density at radius 2 is 2.12 bits per heavy atom. The van der Waals surface area contributed by atoms with E-state index in [0.29, 0.717) is 25.3 Å². The summed E-state index contributed by atoms with van der Waals surface area (Å²) >= 11 is 0. The Kier molecular flexibility index (Phi) is 6.28. The van der Waals surface area contributed by atoms with Crippen LogP contribution < -0.4 is 5.32 Å².